The van der Waals surface area contributed by atoms with Crippen LogP contribution in [0.3, 0.4) is 0 Å². The van der Waals surface area contributed by atoms with E-state index < -0.39 is 0 Å². The molecule has 2 nitrogen and oxygen atoms in total. The number of anilines is 2. The predicted octanol–water partition coefficient (Wildman–Crippen LogP) is 5.87. The molecule has 1 N–H and O–H groups in total. The van der Waals surface area contributed by atoms with Gasteiger partial charge in [0.1, 0.15) is 0 Å². The van der Waals surface area contributed by atoms with Crippen LogP contribution < -0.4 is 10.2 Å². The fourth-order valence-electron chi connectivity index (χ4n) is 2.75. The fourth-order valence-corrected chi connectivity index (χ4v) is 2.75. The maximum atomic E-state index is 4.00. The van der Waals surface area contributed by atoms with Crippen molar-refractivity contribution < 1.29 is 0 Å². The molecule has 2 heteroatoms. The average Bonchev–Trinajstić information content (AvgIpc) is 2.44. The molecule has 1 aromatic carbocycles. The van der Waals surface area contributed by atoms with Crippen molar-refractivity contribution in [1.82, 2.24) is 0 Å². The molecule has 0 atom stereocenters. The highest BCUT2D eigenvalue weighted by Gasteiger charge is 2.14. The number of benzene rings is 1. The number of allylic oxidation sites excluding steroid dienone is 1. The maximum absolute atomic E-state index is 4.00. The molecule has 0 spiro atoms. The van der Waals surface area contributed by atoms with Crippen LogP contribution in [0.2, 0.25) is 0 Å². The van der Waals surface area contributed by atoms with Gasteiger partial charge >= 0.3 is 0 Å². The molecule has 0 aliphatic carbocycles. The smallest absolute Gasteiger partial charge is 0.0620 e. The molecular weight excluding hydrogens is 280 g/mol. The summed E-state index contributed by atoms with van der Waals surface area (Å²) in [6.07, 6.45) is 3.84. The Morgan fingerprint density at radius 2 is 1.78 bits per heavy atom. The minimum Gasteiger partial charge on any atom is -0.369 e. The van der Waals surface area contributed by atoms with E-state index in [2.05, 4.69) is 76.2 Å². The molecular formula is C21H34N2. The zero-order valence-electron chi connectivity index (χ0n) is 15.7. The lowest BCUT2D eigenvalue weighted by molar-refractivity contribution is 0.553. The molecule has 0 unspecified atom stereocenters. The summed E-state index contributed by atoms with van der Waals surface area (Å²) >= 11 is 0. The van der Waals surface area contributed by atoms with Crippen molar-refractivity contribution in [2.75, 3.05) is 23.3 Å². The van der Waals surface area contributed by atoms with Crippen LogP contribution in [0.25, 0.3) is 0 Å². The van der Waals surface area contributed by atoms with Gasteiger partial charge in [-0.15, -0.1) is 6.58 Å². The second-order valence-electron chi connectivity index (χ2n) is 7.35. The van der Waals surface area contributed by atoms with E-state index in [-0.39, 0.29) is 0 Å². The summed E-state index contributed by atoms with van der Waals surface area (Å²) in [6.45, 7) is 21.1. The summed E-state index contributed by atoms with van der Waals surface area (Å²) in [5, 5.41) is 3.33. The number of hydrogen-bond donors (Lipinski definition) is 1. The van der Waals surface area contributed by atoms with Crippen molar-refractivity contribution in [3.8, 4) is 0 Å². The van der Waals surface area contributed by atoms with Crippen molar-refractivity contribution in [1.29, 1.82) is 0 Å². The lowest BCUT2D eigenvalue weighted by Crippen LogP contribution is -2.31. The van der Waals surface area contributed by atoms with E-state index in [4.69, 9.17) is 0 Å². The van der Waals surface area contributed by atoms with E-state index in [0.29, 0.717) is 11.8 Å². The first-order valence-electron chi connectivity index (χ1n) is 8.73. The normalized spacial score (nSPS) is 10.9. The number of nitrogens with zero attached hydrogens (tertiary/aromatic N) is 1. The molecule has 128 valence electrons. The Hall–Kier alpha value is -1.70. The lowest BCUT2D eigenvalue weighted by atomic mass is 10.0. The summed E-state index contributed by atoms with van der Waals surface area (Å²) in [7, 11) is 0. The summed E-state index contributed by atoms with van der Waals surface area (Å²) in [6, 6.07) is 6.76. The van der Waals surface area contributed by atoms with Gasteiger partial charge in [0, 0.05) is 13.1 Å². The first kappa shape index (κ1) is 19.3. The summed E-state index contributed by atoms with van der Waals surface area (Å²) in [5.74, 6) is 1.27. The van der Waals surface area contributed by atoms with E-state index >= 15 is 0 Å². The Kier molecular flexibility index (Phi) is 7.94. The van der Waals surface area contributed by atoms with Crippen molar-refractivity contribution >= 4 is 11.4 Å². The molecule has 0 radical (unpaired) electrons. The third-order valence-corrected chi connectivity index (χ3v) is 3.67. The van der Waals surface area contributed by atoms with Gasteiger partial charge in [0.05, 0.1) is 11.4 Å². The van der Waals surface area contributed by atoms with Gasteiger partial charge in [0.2, 0.25) is 0 Å². The Labute approximate surface area is 143 Å². The number of hydrogen-bond acceptors (Lipinski definition) is 2. The van der Waals surface area contributed by atoms with E-state index in [0.717, 1.165) is 31.6 Å². The Bertz CT molecular complexity index is 505. The number of aryl methyl sites for hydroxylation is 1. The summed E-state index contributed by atoms with van der Waals surface area (Å²) in [4.78, 5) is 2.49. The van der Waals surface area contributed by atoms with Crippen LogP contribution in [-0.4, -0.2) is 13.1 Å². The molecule has 0 aliphatic heterocycles. The highest BCUT2D eigenvalue weighted by Crippen LogP contribution is 2.29. The highest BCUT2D eigenvalue weighted by molar-refractivity contribution is 5.72. The highest BCUT2D eigenvalue weighted by atomic mass is 15.1. The molecule has 0 amide bonds. The van der Waals surface area contributed by atoms with Gasteiger partial charge in [-0.25, -0.2) is 0 Å². The third kappa shape index (κ3) is 6.94. The minimum atomic E-state index is 0.633. The van der Waals surface area contributed by atoms with Gasteiger partial charge in [0.25, 0.3) is 0 Å². The largest absolute Gasteiger partial charge is 0.369 e. The van der Waals surface area contributed by atoms with Crippen LogP contribution in [0.1, 0.15) is 46.6 Å². The Morgan fingerprint density at radius 1 is 1.17 bits per heavy atom. The van der Waals surface area contributed by atoms with E-state index in [1.807, 2.05) is 0 Å². The van der Waals surface area contributed by atoms with Crippen molar-refractivity contribution in [2.45, 2.75) is 47.5 Å². The average molecular weight is 315 g/mol. The van der Waals surface area contributed by atoms with Gasteiger partial charge in [-0.2, -0.15) is 0 Å². The maximum Gasteiger partial charge on any atom is 0.0620 e. The monoisotopic (exact) mass is 314 g/mol. The zero-order chi connectivity index (χ0) is 17.4. The van der Waals surface area contributed by atoms with Crippen LogP contribution in [0.15, 0.2) is 43.1 Å². The van der Waals surface area contributed by atoms with Crippen LogP contribution in [0.5, 0.6) is 0 Å². The van der Waals surface area contributed by atoms with Gasteiger partial charge < -0.3 is 10.2 Å². The molecule has 0 aromatic heterocycles. The van der Waals surface area contributed by atoms with Gasteiger partial charge in [-0.3, -0.25) is 0 Å². The Balaban J connectivity index is 3.09. The molecule has 0 aliphatic rings. The van der Waals surface area contributed by atoms with E-state index in [9.17, 15) is 0 Å². The van der Waals surface area contributed by atoms with Crippen LogP contribution in [-0.2, 0) is 6.42 Å². The first-order valence-corrected chi connectivity index (χ1v) is 8.73. The van der Waals surface area contributed by atoms with Crippen molar-refractivity contribution in [3.05, 3.63) is 48.7 Å². The van der Waals surface area contributed by atoms with Crippen LogP contribution >= 0.6 is 0 Å². The molecule has 0 heterocycles. The molecule has 1 rings (SSSR count). The molecule has 0 fully saturated rings. The van der Waals surface area contributed by atoms with Crippen LogP contribution in [0.4, 0.5) is 11.4 Å². The number of nitrogens with one attached hydrogen (secondary N) is 1. The van der Waals surface area contributed by atoms with Crippen LogP contribution in [0, 0.1) is 11.8 Å². The SMILES string of the molecule is C=CNc1cc(CCC(=C)C)ccc1N(CC(C)C)CC(C)C. The van der Waals surface area contributed by atoms with Gasteiger partial charge in [-0.1, -0.05) is 45.9 Å². The minimum absolute atomic E-state index is 0.633. The standard InChI is InChI=1S/C21H34N2/c1-8-22-20-13-19(10-9-16(2)3)11-12-21(20)23(14-17(4)5)15-18(6)7/h8,11-13,17-18,22H,1-2,9-10,14-15H2,3-7H3. The summed E-state index contributed by atoms with van der Waals surface area (Å²) in [5.41, 5.74) is 5.00. The van der Waals surface area contributed by atoms with E-state index in [1.54, 1.807) is 6.20 Å². The number of rotatable bonds is 10. The lowest BCUT2D eigenvalue weighted by Gasteiger charge is -2.30. The third-order valence-electron chi connectivity index (χ3n) is 3.67. The molecule has 0 bridgehead atoms. The van der Waals surface area contributed by atoms with Gasteiger partial charge in [-0.05, 0) is 55.5 Å². The van der Waals surface area contributed by atoms with Crippen molar-refractivity contribution in [2.24, 2.45) is 11.8 Å². The summed E-state index contributed by atoms with van der Waals surface area (Å²) < 4.78 is 0. The van der Waals surface area contributed by atoms with Crippen molar-refractivity contribution in [3.63, 3.8) is 0 Å². The molecule has 1 aromatic rings. The zero-order valence-corrected chi connectivity index (χ0v) is 15.7. The predicted molar refractivity (Wildman–Crippen MR) is 105 cm³/mol. The fraction of sp³-hybridized carbons (Fsp3) is 0.524. The quantitative estimate of drug-likeness (QED) is 0.543. The molecule has 0 saturated heterocycles. The van der Waals surface area contributed by atoms with E-state index in [1.165, 1.54) is 16.8 Å². The first-order chi connectivity index (χ1) is 10.8. The molecule has 23 heavy (non-hydrogen) atoms. The topological polar surface area (TPSA) is 15.3 Å². The second-order valence-corrected chi connectivity index (χ2v) is 7.35. The second kappa shape index (κ2) is 9.44. The Morgan fingerprint density at radius 3 is 2.26 bits per heavy atom. The van der Waals surface area contributed by atoms with Gasteiger partial charge in [0.15, 0.2) is 0 Å². The molecule has 0 saturated carbocycles.